The van der Waals surface area contributed by atoms with Crippen molar-refractivity contribution >= 4 is 44.3 Å². The zero-order valence-electron chi connectivity index (χ0n) is 18.8. The largest absolute Gasteiger partial charge is 0.468 e. The van der Waals surface area contributed by atoms with E-state index >= 15 is 0 Å². The fourth-order valence-electron chi connectivity index (χ4n) is 3.45. The zero-order valence-corrected chi connectivity index (χ0v) is 20.4. The first-order valence-electron chi connectivity index (χ1n) is 10.8. The molecule has 4 rings (SSSR count). The maximum atomic E-state index is 12.9. The monoisotopic (exact) mass is 495 g/mol. The summed E-state index contributed by atoms with van der Waals surface area (Å²) in [4.78, 5) is 17.7. The SMILES string of the molecule is CCC(Sc1cc(C)c2ccccc2n1)C(=O)Nc1ccc(S(=O)(=O)NCc2ccco2)cc1. The lowest BCUT2D eigenvalue weighted by atomic mass is 10.1. The van der Waals surface area contributed by atoms with E-state index in [1.165, 1.54) is 30.2 Å². The van der Waals surface area contributed by atoms with Crippen LogP contribution in [0.2, 0.25) is 0 Å². The van der Waals surface area contributed by atoms with Crippen molar-refractivity contribution in [2.24, 2.45) is 0 Å². The average Bonchev–Trinajstić information content (AvgIpc) is 3.35. The van der Waals surface area contributed by atoms with Crippen LogP contribution >= 0.6 is 11.8 Å². The molecule has 2 N–H and O–H groups in total. The molecule has 4 aromatic rings. The smallest absolute Gasteiger partial charge is 0.240 e. The molecule has 1 atom stereocenters. The summed E-state index contributed by atoms with van der Waals surface area (Å²) in [5, 5.41) is 4.43. The number of anilines is 1. The first-order valence-corrected chi connectivity index (χ1v) is 13.2. The Kier molecular flexibility index (Phi) is 7.35. The minimum absolute atomic E-state index is 0.0610. The van der Waals surface area contributed by atoms with Crippen LogP contribution in [-0.4, -0.2) is 24.6 Å². The fourth-order valence-corrected chi connectivity index (χ4v) is 5.46. The van der Waals surface area contributed by atoms with Gasteiger partial charge in [-0.25, -0.2) is 18.1 Å². The molecular weight excluding hydrogens is 470 g/mol. The standard InChI is InChI=1S/C25H25N3O4S2/c1-3-23(33-24-15-17(2)21-8-4-5-9-22(21)28-24)25(29)27-18-10-12-20(13-11-18)34(30,31)26-16-19-7-6-14-32-19/h4-15,23,26H,3,16H2,1-2H3,(H,27,29). The molecule has 0 aliphatic heterocycles. The molecule has 0 radical (unpaired) electrons. The number of thioether (sulfide) groups is 1. The number of carbonyl (C=O) groups is 1. The van der Waals surface area contributed by atoms with Crippen LogP contribution in [0, 0.1) is 6.92 Å². The van der Waals surface area contributed by atoms with Gasteiger partial charge < -0.3 is 9.73 Å². The molecule has 0 saturated carbocycles. The highest BCUT2D eigenvalue weighted by atomic mass is 32.2. The third-order valence-corrected chi connectivity index (χ3v) is 7.97. The van der Waals surface area contributed by atoms with E-state index in [4.69, 9.17) is 9.40 Å². The number of furan rings is 1. The second kappa shape index (κ2) is 10.4. The fraction of sp³-hybridized carbons (Fsp3) is 0.200. The topological polar surface area (TPSA) is 101 Å². The van der Waals surface area contributed by atoms with Gasteiger partial charge in [0, 0.05) is 11.1 Å². The molecule has 2 heterocycles. The number of aromatic nitrogens is 1. The molecule has 0 spiro atoms. The van der Waals surface area contributed by atoms with Gasteiger partial charge in [-0.15, -0.1) is 0 Å². The molecule has 9 heteroatoms. The molecule has 0 aliphatic rings. The number of benzene rings is 2. The number of hydrogen-bond donors (Lipinski definition) is 2. The van der Waals surface area contributed by atoms with E-state index in [2.05, 4.69) is 10.0 Å². The second-order valence-electron chi connectivity index (χ2n) is 7.73. The summed E-state index contributed by atoms with van der Waals surface area (Å²) in [6, 6.07) is 19.4. The lowest BCUT2D eigenvalue weighted by Crippen LogP contribution is -2.25. The summed E-state index contributed by atoms with van der Waals surface area (Å²) >= 11 is 1.42. The molecule has 2 aromatic carbocycles. The Morgan fingerprint density at radius 3 is 2.56 bits per heavy atom. The Morgan fingerprint density at radius 1 is 1.09 bits per heavy atom. The summed E-state index contributed by atoms with van der Waals surface area (Å²) in [6.07, 6.45) is 2.10. The zero-order chi connectivity index (χ0) is 24.1. The third kappa shape index (κ3) is 5.67. The lowest BCUT2D eigenvalue weighted by molar-refractivity contribution is -0.115. The Balaban J connectivity index is 1.41. The number of hydrogen-bond acceptors (Lipinski definition) is 6. The van der Waals surface area contributed by atoms with E-state index in [-0.39, 0.29) is 22.6 Å². The molecule has 2 aromatic heterocycles. The first kappa shape index (κ1) is 24.0. The van der Waals surface area contributed by atoms with E-state index in [0.29, 0.717) is 17.9 Å². The third-order valence-electron chi connectivity index (χ3n) is 5.27. The minimum Gasteiger partial charge on any atom is -0.468 e. The van der Waals surface area contributed by atoms with Gasteiger partial charge in [0.25, 0.3) is 0 Å². The quantitative estimate of drug-likeness (QED) is 0.312. The van der Waals surface area contributed by atoms with Gasteiger partial charge in [-0.05, 0) is 67.4 Å². The number of para-hydroxylation sites is 1. The number of nitrogens with one attached hydrogen (secondary N) is 2. The van der Waals surface area contributed by atoms with Crippen molar-refractivity contribution in [3.05, 3.63) is 84.3 Å². The van der Waals surface area contributed by atoms with E-state index in [9.17, 15) is 13.2 Å². The summed E-state index contributed by atoms with van der Waals surface area (Å²) in [7, 11) is -3.70. The number of nitrogens with zero attached hydrogens (tertiary/aromatic N) is 1. The number of fused-ring (bicyclic) bond motifs is 1. The van der Waals surface area contributed by atoms with Crippen molar-refractivity contribution in [3.8, 4) is 0 Å². The van der Waals surface area contributed by atoms with E-state index in [0.717, 1.165) is 21.5 Å². The Labute approximate surface area is 203 Å². The van der Waals surface area contributed by atoms with Crippen molar-refractivity contribution < 1.29 is 17.6 Å². The lowest BCUT2D eigenvalue weighted by Gasteiger charge is -2.15. The predicted molar refractivity (Wildman–Crippen MR) is 134 cm³/mol. The molecule has 1 unspecified atom stereocenters. The van der Waals surface area contributed by atoms with Gasteiger partial charge in [-0.2, -0.15) is 0 Å². The normalized spacial score (nSPS) is 12.5. The van der Waals surface area contributed by atoms with Gasteiger partial charge in [0.1, 0.15) is 5.76 Å². The van der Waals surface area contributed by atoms with Crippen molar-refractivity contribution in [3.63, 3.8) is 0 Å². The van der Waals surface area contributed by atoms with Crippen LogP contribution in [0.3, 0.4) is 0 Å². The highest BCUT2D eigenvalue weighted by Gasteiger charge is 2.20. The maximum absolute atomic E-state index is 12.9. The summed E-state index contributed by atoms with van der Waals surface area (Å²) in [6.45, 7) is 4.05. The predicted octanol–water partition coefficient (Wildman–Crippen LogP) is 5.12. The van der Waals surface area contributed by atoms with Gasteiger partial charge in [0.15, 0.2) is 0 Å². The number of rotatable bonds is 9. The van der Waals surface area contributed by atoms with Crippen LogP contribution in [0.4, 0.5) is 5.69 Å². The van der Waals surface area contributed by atoms with Crippen LogP contribution in [0.25, 0.3) is 10.9 Å². The van der Waals surface area contributed by atoms with Crippen molar-refractivity contribution in [1.82, 2.24) is 9.71 Å². The van der Waals surface area contributed by atoms with Crippen LogP contribution in [0.5, 0.6) is 0 Å². The van der Waals surface area contributed by atoms with E-state index in [1.807, 2.05) is 44.2 Å². The molecule has 7 nitrogen and oxygen atoms in total. The molecule has 0 saturated heterocycles. The maximum Gasteiger partial charge on any atom is 0.240 e. The Hall–Kier alpha value is -3.14. The summed E-state index contributed by atoms with van der Waals surface area (Å²) in [5.74, 6) is 0.360. The molecule has 0 fully saturated rings. The number of pyridine rings is 1. The molecule has 1 amide bonds. The van der Waals surface area contributed by atoms with Crippen LogP contribution in [0.1, 0.15) is 24.7 Å². The van der Waals surface area contributed by atoms with Crippen molar-refractivity contribution in [1.29, 1.82) is 0 Å². The van der Waals surface area contributed by atoms with Crippen LogP contribution in [-0.2, 0) is 21.4 Å². The van der Waals surface area contributed by atoms with Gasteiger partial charge in [0.2, 0.25) is 15.9 Å². The van der Waals surface area contributed by atoms with Crippen LogP contribution < -0.4 is 10.0 Å². The Bertz CT molecular complexity index is 1390. The number of amides is 1. The summed E-state index contributed by atoms with van der Waals surface area (Å²) in [5.41, 5.74) is 2.54. The molecule has 0 bridgehead atoms. The van der Waals surface area contributed by atoms with Gasteiger partial charge in [0.05, 0.1) is 33.5 Å². The Morgan fingerprint density at radius 2 is 1.85 bits per heavy atom. The molecule has 0 aliphatic carbocycles. The summed E-state index contributed by atoms with van der Waals surface area (Å²) < 4.78 is 32.6. The molecule has 34 heavy (non-hydrogen) atoms. The van der Waals surface area contributed by atoms with Crippen molar-refractivity contribution in [2.45, 2.75) is 42.0 Å². The van der Waals surface area contributed by atoms with Crippen LogP contribution in [0.15, 0.2) is 87.3 Å². The van der Waals surface area contributed by atoms with E-state index < -0.39 is 10.0 Å². The molecule has 176 valence electrons. The van der Waals surface area contributed by atoms with Gasteiger partial charge in [-0.3, -0.25) is 4.79 Å². The minimum atomic E-state index is -3.70. The number of carbonyl (C=O) groups excluding carboxylic acids is 1. The average molecular weight is 496 g/mol. The number of aryl methyl sites for hydroxylation is 1. The highest BCUT2D eigenvalue weighted by Crippen LogP contribution is 2.29. The molecular formula is C25H25N3O4S2. The van der Waals surface area contributed by atoms with E-state index in [1.54, 1.807) is 24.3 Å². The van der Waals surface area contributed by atoms with Gasteiger partial charge in [-0.1, -0.05) is 36.9 Å². The number of sulfonamides is 1. The highest BCUT2D eigenvalue weighted by molar-refractivity contribution is 8.00. The second-order valence-corrected chi connectivity index (χ2v) is 10.7. The van der Waals surface area contributed by atoms with Gasteiger partial charge >= 0.3 is 0 Å². The first-order chi connectivity index (χ1) is 16.4. The van der Waals surface area contributed by atoms with Crippen molar-refractivity contribution in [2.75, 3.05) is 5.32 Å².